The van der Waals surface area contributed by atoms with E-state index in [1.54, 1.807) is 0 Å². The van der Waals surface area contributed by atoms with Crippen molar-refractivity contribution in [2.75, 3.05) is 0 Å². The van der Waals surface area contributed by atoms with E-state index in [1.807, 2.05) is 4.57 Å². The van der Waals surface area contributed by atoms with Gasteiger partial charge >= 0.3 is 0 Å². The Hall–Kier alpha value is -1.68. The second kappa shape index (κ2) is 4.78. The van der Waals surface area contributed by atoms with Gasteiger partial charge < -0.3 is 9.67 Å². The Bertz CT molecular complexity index is 601. The summed E-state index contributed by atoms with van der Waals surface area (Å²) in [7, 11) is 0. The molecule has 0 atom stereocenters. The normalized spacial score (nSPS) is 14.1. The topological polar surface area (TPSA) is 50.9 Å². The van der Waals surface area contributed by atoms with E-state index in [-0.39, 0.29) is 12.6 Å². The first-order valence-electron chi connectivity index (χ1n) is 6.87. The fourth-order valence-electron chi connectivity index (χ4n) is 2.88. The van der Waals surface area contributed by atoms with Crippen molar-refractivity contribution in [3.63, 3.8) is 0 Å². The molecule has 2 aromatic rings. The summed E-state index contributed by atoms with van der Waals surface area (Å²) in [4.78, 5) is 0. The zero-order valence-corrected chi connectivity index (χ0v) is 11.4. The highest BCUT2D eigenvalue weighted by Gasteiger charge is 2.18. The molecule has 0 aliphatic heterocycles. The van der Waals surface area contributed by atoms with Crippen LogP contribution in [0.15, 0.2) is 18.2 Å². The largest absolute Gasteiger partial charge is 0.388 e. The SMILES string of the molecule is CC(C)n1c(CO)nnc1-c1ccc2c(c1)CCC2. The van der Waals surface area contributed by atoms with Crippen molar-refractivity contribution in [1.82, 2.24) is 14.8 Å². The first-order valence-corrected chi connectivity index (χ1v) is 6.87. The van der Waals surface area contributed by atoms with Gasteiger partial charge in [0.15, 0.2) is 11.6 Å². The average molecular weight is 257 g/mol. The van der Waals surface area contributed by atoms with Gasteiger partial charge in [-0.1, -0.05) is 12.1 Å². The minimum Gasteiger partial charge on any atom is -0.388 e. The third-order valence-corrected chi connectivity index (χ3v) is 3.78. The summed E-state index contributed by atoms with van der Waals surface area (Å²) in [5, 5.41) is 17.7. The summed E-state index contributed by atoms with van der Waals surface area (Å²) in [5.41, 5.74) is 3.99. The fraction of sp³-hybridized carbons (Fsp3) is 0.467. The summed E-state index contributed by atoms with van der Waals surface area (Å²) >= 11 is 0. The van der Waals surface area contributed by atoms with Gasteiger partial charge in [-0.05, 0) is 50.3 Å². The van der Waals surface area contributed by atoms with Crippen LogP contribution in [0.5, 0.6) is 0 Å². The van der Waals surface area contributed by atoms with Gasteiger partial charge in [0.2, 0.25) is 0 Å². The van der Waals surface area contributed by atoms with Gasteiger partial charge in [0.1, 0.15) is 6.61 Å². The van der Waals surface area contributed by atoms with E-state index in [1.165, 1.54) is 24.0 Å². The molecule has 0 spiro atoms. The Morgan fingerprint density at radius 1 is 1.21 bits per heavy atom. The molecule has 0 unspecified atom stereocenters. The van der Waals surface area contributed by atoms with Crippen LogP contribution in [-0.4, -0.2) is 19.9 Å². The number of aliphatic hydroxyl groups excluding tert-OH is 1. The number of hydrogen-bond donors (Lipinski definition) is 1. The number of benzene rings is 1. The molecule has 1 aromatic heterocycles. The van der Waals surface area contributed by atoms with Gasteiger partial charge in [-0.25, -0.2) is 0 Å². The zero-order chi connectivity index (χ0) is 13.4. The summed E-state index contributed by atoms with van der Waals surface area (Å²) in [5.74, 6) is 1.49. The molecule has 0 fully saturated rings. The van der Waals surface area contributed by atoms with Gasteiger partial charge in [-0.15, -0.1) is 10.2 Å². The molecule has 0 amide bonds. The zero-order valence-electron chi connectivity index (χ0n) is 11.4. The Labute approximate surface area is 113 Å². The van der Waals surface area contributed by atoms with Crippen LogP contribution in [0.2, 0.25) is 0 Å². The monoisotopic (exact) mass is 257 g/mol. The Kier molecular flexibility index (Phi) is 3.11. The van der Waals surface area contributed by atoms with Crippen LogP contribution >= 0.6 is 0 Å². The molecule has 4 heteroatoms. The highest BCUT2D eigenvalue weighted by atomic mass is 16.3. The second-order valence-electron chi connectivity index (χ2n) is 5.40. The maximum Gasteiger partial charge on any atom is 0.164 e. The summed E-state index contributed by atoms with van der Waals surface area (Å²) in [6, 6.07) is 6.79. The Morgan fingerprint density at radius 2 is 2.00 bits per heavy atom. The Balaban J connectivity index is 2.09. The number of nitrogens with zero attached hydrogens (tertiary/aromatic N) is 3. The standard InChI is InChI=1S/C15H19N3O/c1-10(2)18-14(9-19)16-17-15(18)13-7-6-11-4-3-5-12(11)8-13/h6-8,10,19H,3-5,9H2,1-2H3. The molecule has 1 N–H and O–H groups in total. The molecule has 1 heterocycles. The van der Waals surface area contributed by atoms with E-state index >= 15 is 0 Å². The van der Waals surface area contributed by atoms with Crippen LogP contribution in [-0.2, 0) is 19.4 Å². The van der Waals surface area contributed by atoms with Crippen LogP contribution in [0.4, 0.5) is 0 Å². The maximum atomic E-state index is 9.36. The number of hydrogen-bond acceptors (Lipinski definition) is 3. The van der Waals surface area contributed by atoms with Crippen LogP contribution in [0.3, 0.4) is 0 Å². The van der Waals surface area contributed by atoms with Crippen molar-refractivity contribution >= 4 is 0 Å². The predicted molar refractivity (Wildman–Crippen MR) is 73.8 cm³/mol. The molecule has 0 radical (unpaired) electrons. The number of fused-ring (bicyclic) bond motifs is 1. The fourth-order valence-corrected chi connectivity index (χ4v) is 2.88. The summed E-state index contributed by atoms with van der Waals surface area (Å²) in [6.07, 6.45) is 3.60. The van der Waals surface area contributed by atoms with Gasteiger partial charge in [-0.3, -0.25) is 0 Å². The van der Waals surface area contributed by atoms with Crippen LogP contribution in [0.25, 0.3) is 11.4 Å². The number of aryl methyl sites for hydroxylation is 2. The molecule has 1 aliphatic rings. The average Bonchev–Trinajstić information content (AvgIpc) is 3.03. The van der Waals surface area contributed by atoms with E-state index in [0.29, 0.717) is 5.82 Å². The maximum absolute atomic E-state index is 9.36. The van der Waals surface area contributed by atoms with Crippen molar-refractivity contribution in [1.29, 1.82) is 0 Å². The van der Waals surface area contributed by atoms with Gasteiger partial charge in [-0.2, -0.15) is 0 Å². The molecule has 4 nitrogen and oxygen atoms in total. The molecule has 0 bridgehead atoms. The third-order valence-electron chi connectivity index (χ3n) is 3.78. The Morgan fingerprint density at radius 3 is 2.74 bits per heavy atom. The van der Waals surface area contributed by atoms with Crippen LogP contribution < -0.4 is 0 Å². The quantitative estimate of drug-likeness (QED) is 0.919. The van der Waals surface area contributed by atoms with E-state index in [0.717, 1.165) is 17.8 Å². The first kappa shape index (κ1) is 12.4. The molecule has 3 rings (SSSR count). The molecular weight excluding hydrogens is 238 g/mol. The van der Waals surface area contributed by atoms with Crippen molar-refractivity contribution in [3.05, 3.63) is 35.2 Å². The van der Waals surface area contributed by atoms with E-state index in [2.05, 4.69) is 42.2 Å². The lowest BCUT2D eigenvalue weighted by Crippen LogP contribution is -2.08. The predicted octanol–water partition coefficient (Wildman–Crippen LogP) is 2.51. The number of aliphatic hydroxyl groups is 1. The van der Waals surface area contributed by atoms with Gasteiger partial charge in [0.25, 0.3) is 0 Å². The minimum atomic E-state index is -0.0733. The van der Waals surface area contributed by atoms with Crippen molar-refractivity contribution < 1.29 is 5.11 Å². The van der Waals surface area contributed by atoms with Crippen LogP contribution in [0, 0.1) is 0 Å². The second-order valence-corrected chi connectivity index (χ2v) is 5.40. The summed E-state index contributed by atoms with van der Waals surface area (Å²) in [6.45, 7) is 4.09. The highest BCUT2D eigenvalue weighted by molar-refractivity contribution is 5.58. The molecule has 0 saturated heterocycles. The molecular formula is C15H19N3O. The first-order chi connectivity index (χ1) is 9.20. The molecule has 1 aliphatic carbocycles. The number of aromatic nitrogens is 3. The molecule has 0 saturated carbocycles. The molecule has 100 valence electrons. The number of rotatable bonds is 3. The van der Waals surface area contributed by atoms with E-state index in [9.17, 15) is 5.11 Å². The smallest absolute Gasteiger partial charge is 0.164 e. The van der Waals surface area contributed by atoms with Crippen molar-refractivity contribution in [2.24, 2.45) is 0 Å². The molecule has 1 aromatic carbocycles. The van der Waals surface area contributed by atoms with Gasteiger partial charge in [0, 0.05) is 11.6 Å². The van der Waals surface area contributed by atoms with Crippen molar-refractivity contribution in [3.8, 4) is 11.4 Å². The molecule has 19 heavy (non-hydrogen) atoms. The lowest BCUT2D eigenvalue weighted by atomic mass is 10.1. The lowest BCUT2D eigenvalue weighted by molar-refractivity contribution is 0.262. The van der Waals surface area contributed by atoms with E-state index < -0.39 is 0 Å². The minimum absolute atomic E-state index is 0.0733. The van der Waals surface area contributed by atoms with E-state index in [4.69, 9.17) is 0 Å². The van der Waals surface area contributed by atoms with Gasteiger partial charge in [0.05, 0.1) is 0 Å². The summed E-state index contributed by atoms with van der Waals surface area (Å²) < 4.78 is 2.01. The van der Waals surface area contributed by atoms with Crippen LogP contribution in [0.1, 0.15) is 43.3 Å². The highest BCUT2D eigenvalue weighted by Crippen LogP contribution is 2.28. The lowest BCUT2D eigenvalue weighted by Gasteiger charge is -2.13. The van der Waals surface area contributed by atoms with Crippen molar-refractivity contribution in [2.45, 2.75) is 45.8 Å². The third kappa shape index (κ3) is 2.06.